The fourth-order valence-electron chi connectivity index (χ4n) is 2.58. The molecule has 0 aliphatic rings. The maximum absolute atomic E-state index is 12.4. The molecule has 25 heavy (non-hydrogen) atoms. The Balaban J connectivity index is 1.83. The van der Waals surface area contributed by atoms with E-state index in [2.05, 4.69) is 10.6 Å². The molecule has 0 saturated heterocycles. The molecule has 0 saturated carbocycles. The normalized spacial score (nSPS) is 10.1. The average molecular weight is 340 g/mol. The van der Waals surface area contributed by atoms with E-state index in [9.17, 15) is 9.59 Å². The van der Waals surface area contributed by atoms with Crippen molar-refractivity contribution in [1.29, 1.82) is 0 Å². The Morgan fingerprint density at radius 1 is 1.04 bits per heavy atom. The van der Waals surface area contributed by atoms with Crippen LogP contribution in [-0.2, 0) is 11.2 Å². The van der Waals surface area contributed by atoms with Gasteiger partial charge in [-0.1, -0.05) is 30.7 Å². The Morgan fingerprint density at radius 3 is 2.52 bits per heavy atom. The second-order valence-electron chi connectivity index (χ2n) is 5.73. The molecule has 2 aromatic rings. The lowest BCUT2D eigenvalue weighted by Gasteiger charge is -2.09. The second-order valence-corrected chi connectivity index (χ2v) is 5.73. The lowest BCUT2D eigenvalue weighted by atomic mass is 10.1. The summed E-state index contributed by atoms with van der Waals surface area (Å²) < 4.78 is 5.22. The van der Waals surface area contributed by atoms with E-state index in [1.807, 2.05) is 36.4 Å². The number of benzene rings is 2. The highest BCUT2D eigenvalue weighted by atomic mass is 16.5. The van der Waals surface area contributed by atoms with Crippen LogP contribution in [0.4, 0.5) is 5.69 Å². The van der Waals surface area contributed by atoms with Crippen molar-refractivity contribution in [2.75, 3.05) is 19.0 Å². The van der Waals surface area contributed by atoms with Crippen molar-refractivity contribution in [1.82, 2.24) is 5.32 Å². The third-order valence-electron chi connectivity index (χ3n) is 3.93. The summed E-state index contributed by atoms with van der Waals surface area (Å²) in [5.74, 6) is 0.369. The highest BCUT2D eigenvalue weighted by molar-refractivity contribution is 6.06. The van der Waals surface area contributed by atoms with E-state index >= 15 is 0 Å². The van der Waals surface area contributed by atoms with Crippen LogP contribution in [0.15, 0.2) is 48.5 Å². The van der Waals surface area contributed by atoms with Gasteiger partial charge in [-0.05, 0) is 49.1 Å². The molecule has 0 aliphatic heterocycles. The van der Waals surface area contributed by atoms with E-state index < -0.39 is 0 Å². The zero-order valence-corrected chi connectivity index (χ0v) is 14.5. The highest BCUT2D eigenvalue weighted by Crippen LogP contribution is 2.19. The topological polar surface area (TPSA) is 67.4 Å². The van der Waals surface area contributed by atoms with Crippen LogP contribution in [0, 0.1) is 0 Å². The number of carbonyl (C=O) groups is 2. The minimum Gasteiger partial charge on any atom is -0.496 e. The summed E-state index contributed by atoms with van der Waals surface area (Å²) in [5.41, 5.74) is 2.51. The lowest BCUT2D eigenvalue weighted by molar-refractivity contribution is -0.109. The summed E-state index contributed by atoms with van der Waals surface area (Å²) >= 11 is 0. The predicted octanol–water partition coefficient (Wildman–Crippen LogP) is 3.41. The van der Waals surface area contributed by atoms with Crippen LogP contribution < -0.4 is 15.4 Å². The number of unbranched alkanes of at least 4 members (excludes halogenated alkanes) is 2. The Kier molecular flexibility index (Phi) is 7.50. The Bertz CT molecular complexity index is 684. The molecule has 0 fully saturated rings. The first-order chi connectivity index (χ1) is 12.2. The molecule has 2 N–H and O–H groups in total. The minimum absolute atomic E-state index is 0.187. The number of hydrogen-bond acceptors (Lipinski definition) is 3. The number of carbonyl (C=O) groups excluding carboxylic acids is 2. The monoisotopic (exact) mass is 340 g/mol. The van der Waals surface area contributed by atoms with Crippen molar-refractivity contribution in [3.8, 4) is 5.75 Å². The molecule has 2 amide bonds. The molecule has 2 aromatic carbocycles. The van der Waals surface area contributed by atoms with Crippen LogP contribution >= 0.6 is 0 Å². The van der Waals surface area contributed by atoms with Gasteiger partial charge in [0.15, 0.2) is 0 Å². The molecule has 0 aliphatic carbocycles. The molecule has 0 bridgehead atoms. The number of ether oxygens (including phenoxy) is 1. The molecule has 0 aromatic heterocycles. The fraction of sp³-hybridized carbons (Fsp3) is 0.300. The first-order valence-corrected chi connectivity index (χ1v) is 8.45. The van der Waals surface area contributed by atoms with E-state index in [4.69, 9.17) is 4.74 Å². The quantitative estimate of drug-likeness (QED) is 0.514. The Labute approximate surface area is 148 Å². The average Bonchev–Trinajstić information content (AvgIpc) is 2.65. The van der Waals surface area contributed by atoms with Gasteiger partial charge in [-0.15, -0.1) is 0 Å². The number of hydrogen-bond donors (Lipinski definition) is 2. The molecular formula is C20H24N2O3. The standard InChI is InChI=1S/C20H24N2O3/c1-25-19-9-5-4-8-18(19)20(24)22-17-12-10-16(11-13-17)7-3-2-6-14-21-15-23/h4-5,8-13,15H,2-3,6-7,14H2,1H3,(H,21,23)(H,22,24). The number of rotatable bonds is 10. The second kappa shape index (κ2) is 10.1. The number of methoxy groups -OCH3 is 1. The van der Waals surface area contributed by atoms with Crippen LogP contribution in [0.2, 0.25) is 0 Å². The van der Waals surface area contributed by atoms with Crippen molar-refractivity contribution < 1.29 is 14.3 Å². The SMILES string of the molecule is COc1ccccc1C(=O)Nc1ccc(CCCCCNC=O)cc1. The van der Waals surface area contributed by atoms with Crippen LogP contribution in [0.1, 0.15) is 35.2 Å². The van der Waals surface area contributed by atoms with Gasteiger partial charge in [0.25, 0.3) is 5.91 Å². The van der Waals surface area contributed by atoms with Gasteiger partial charge in [-0.25, -0.2) is 0 Å². The van der Waals surface area contributed by atoms with Gasteiger partial charge in [0.1, 0.15) is 5.75 Å². The van der Waals surface area contributed by atoms with E-state index in [-0.39, 0.29) is 5.91 Å². The summed E-state index contributed by atoms with van der Waals surface area (Å²) in [6.07, 6.45) is 4.87. The minimum atomic E-state index is -0.187. The van der Waals surface area contributed by atoms with Crippen molar-refractivity contribution >= 4 is 18.0 Å². The molecule has 2 rings (SSSR count). The Hall–Kier alpha value is -2.82. The van der Waals surface area contributed by atoms with Gasteiger partial charge in [0.2, 0.25) is 6.41 Å². The first-order valence-electron chi connectivity index (χ1n) is 8.45. The number of amides is 2. The molecule has 0 atom stereocenters. The van der Waals surface area contributed by atoms with Gasteiger partial charge in [0, 0.05) is 12.2 Å². The third-order valence-corrected chi connectivity index (χ3v) is 3.93. The summed E-state index contributed by atoms with van der Waals surface area (Å²) in [5, 5.41) is 5.55. The molecule has 0 heterocycles. The van der Waals surface area contributed by atoms with Crippen LogP contribution in [0.25, 0.3) is 0 Å². The van der Waals surface area contributed by atoms with Crippen LogP contribution in [0.5, 0.6) is 5.75 Å². The first kappa shape index (κ1) is 18.5. The summed E-state index contributed by atoms with van der Waals surface area (Å²) in [6.45, 7) is 0.734. The molecule has 5 nitrogen and oxygen atoms in total. The van der Waals surface area contributed by atoms with E-state index in [0.29, 0.717) is 11.3 Å². The van der Waals surface area contributed by atoms with E-state index in [1.165, 1.54) is 5.56 Å². The van der Waals surface area contributed by atoms with Crippen molar-refractivity contribution in [3.05, 3.63) is 59.7 Å². The Morgan fingerprint density at radius 2 is 1.80 bits per heavy atom. The summed E-state index contributed by atoms with van der Waals surface area (Å²) in [7, 11) is 1.55. The smallest absolute Gasteiger partial charge is 0.259 e. The lowest BCUT2D eigenvalue weighted by Crippen LogP contribution is -2.13. The van der Waals surface area contributed by atoms with Crippen LogP contribution in [0.3, 0.4) is 0 Å². The van der Waals surface area contributed by atoms with Gasteiger partial charge in [-0.2, -0.15) is 0 Å². The molecule has 0 radical (unpaired) electrons. The number of nitrogens with one attached hydrogen (secondary N) is 2. The highest BCUT2D eigenvalue weighted by Gasteiger charge is 2.11. The zero-order valence-electron chi connectivity index (χ0n) is 14.5. The molecule has 5 heteroatoms. The number of para-hydroxylation sites is 1. The van der Waals surface area contributed by atoms with Gasteiger partial charge in [-0.3, -0.25) is 9.59 Å². The summed E-state index contributed by atoms with van der Waals surface area (Å²) in [6, 6.07) is 15.0. The van der Waals surface area contributed by atoms with Crippen molar-refractivity contribution in [2.24, 2.45) is 0 Å². The molecule has 132 valence electrons. The van der Waals surface area contributed by atoms with Gasteiger partial charge >= 0.3 is 0 Å². The molecule has 0 spiro atoms. The predicted molar refractivity (Wildman–Crippen MR) is 99.0 cm³/mol. The molecular weight excluding hydrogens is 316 g/mol. The maximum Gasteiger partial charge on any atom is 0.259 e. The fourth-order valence-corrected chi connectivity index (χ4v) is 2.58. The van der Waals surface area contributed by atoms with E-state index in [0.717, 1.165) is 44.3 Å². The largest absolute Gasteiger partial charge is 0.496 e. The van der Waals surface area contributed by atoms with Crippen molar-refractivity contribution in [2.45, 2.75) is 25.7 Å². The van der Waals surface area contributed by atoms with Gasteiger partial charge < -0.3 is 15.4 Å². The van der Waals surface area contributed by atoms with E-state index in [1.54, 1.807) is 19.2 Å². The third kappa shape index (κ3) is 5.95. The summed E-state index contributed by atoms with van der Waals surface area (Å²) in [4.78, 5) is 22.5. The number of aryl methyl sites for hydroxylation is 1. The maximum atomic E-state index is 12.4. The molecule has 0 unspecified atom stereocenters. The van der Waals surface area contributed by atoms with Crippen LogP contribution in [-0.4, -0.2) is 26.0 Å². The zero-order chi connectivity index (χ0) is 17.9. The van der Waals surface area contributed by atoms with Crippen molar-refractivity contribution in [3.63, 3.8) is 0 Å². The number of anilines is 1. The van der Waals surface area contributed by atoms with Gasteiger partial charge in [0.05, 0.1) is 12.7 Å².